The van der Waals surface area contributed by atoms with Crippen LogP contribution in [-0.2, 0) is 0 Å². The number of likely N-dealkylation sites (N-methyl/N-ethyl adjacent to an activating group) is 1. The van der Waals surface area contributed by atoms with Gasteiger partial charge in [0, 0.05) is 51.4 Å². The van der Waals surface area contributed by atoms with E-state index in [-0.39, 0.29) is 5.54 Å². The quantitative estimate of drug-likeness (QED) is 0.727. The van der Waals surface area contributed by atoms with Gasteiger partial charge in [0.2, 0.25) is 0 Å². The maximum absolute atomic E-state index is 5.84. The van der Waals surface area contributed by atoms with Gasteiger partial charge in [0.25, 0.3) is 0 Å². The van der Waals surface area contributed by atoms with Crippen LogP contribution < -0.4 is 5.73 Å². The number of piperazine rings is 1. The minimum absolute atomic E-state index is 0.158. The molecule has 2 N–H and O–H groups in total. The summed E-state index contributed by atoms with van der Waals surface area (Å²) < 4.78 is 0. The highest BCUT2D eigenvalue weighted by Crippen LogP contribution is 2.15. The van der Waals surface area contributed by atoms with Crippen LogP contribution in [-0.4, -0.2) is 79.1 Å². The van der Waals surface area contributed by atoms with Gasteiger partial charge in [-0.3, -0.25) is 9.80 Å². The third-order valence-electron chi connectivity index (χ3n) is 4.35. The molecule has 1 heterocycles. The Morgan fingerprint density at radius 3 is 2.06 bits per heavy atom. The number of nitrogens with zero attached hydrogens (tertiary/aromatic N) is 3. The van der Waals surface area contributed by atoms with Crippen LogP contribution in [0.15, 0.2) is 0 Å². The van der Waals surface area contributed by atoms with E-state index in [9.17, 15) is 0 Å². The van der Waals surface area contributed by atoms with E-state index in [0.717, 1.165) is 32.7 Å². The van der Waals surface area contributed by atoms with Crippen LogP contribution in [0.3, 0.4) is 0 Å². The van der Waals surface area contributed by atoms with Crippen molar-refractivity contribution in [1.29, 1.82) is 0 Å². The molecule has 4 heteroatoms. The summed E-state index contributed by atoms with van der Waals surface area (Å²) in [6.07, 6.45) is 0. The lowest BCUT2D eigenvalue weighted by Crippen LogP contribution is -2.57. The van der Waals surface area contributed by atoms with Crippen molar-refractivity contribution in [3.05, 3.63) is 0 Å². The summed E-state index contributed by atoms with van der Waals surface area (Å²) in [4.78, 5) is 7.61. The van der Waals surface area contributed by atoms with Crippen LogP contribution in [0.2, 0.25) is 0 Å². The summed E-state index contributed by atoms with van der Waals surface area (Å²) in [7, 11) is 0. The van der Waals surface area contributed by atoms with Crippen LogP contribution in [0.1, 0.15) is 27.7 Å². The van der Waals surface area contributed by atoms with E-state index in [0.29, 0.717) is 0 Å². The van der Waals surface area contributed by atoms with Gasteiger partial charge in [0.15, 0.2) is 0 Å². The average Bonchev–Trinajstić information content (AvgIpc) is 2.40. The SMILES string of the molecule is CCN(CC)CCN1CCN(C(C)(C)CN)CC1. The second-order valence-electron chi connectivity index (χ2n) is 5.87. The van der Waals surface area contributed by atoms with Gasteiger partial charge >= 0.3 is 0 Å². The van der Waals surface area contributed by atoms with Gasteiger partial charge in [0.05, 0.1) is 0 Å². The van der Waals surface area contributed by atoms with Gasteiger partial charge in [0.1, 0.15) is 0 Å². The summed E-state index contributed by atoms with van der Waals surface area (Å²) in [6.45, 7) is 19.1. The van der Waals surface area contributed by atoms with Crippen molar-refractivity contribution in [1.82, 2.24) is 14.7 Å². The zero-order valence-corrected chi connectivity index (χ0v) is 12.8. The Labute approximate surface area is 113 Å². The third kappa shape index (κ3) is 4.50. The highest BCUT2D eigenvalue weighted by atomic mass is 15.3. The predicted molar refractivity (Wildman–Crippen MR) is 78.9 cm³/mol. The molecule has 0 aliphatic carbocycles. The van der Waals surface area contributed by atoms with Crippen molar-refractivity contribution in [2.75, 3.05) is 58.9 Å². The minimum Gasteiger partial charge on any atom is -0.329 e. The first-order chi connectivity index (χ1) is 8.53. The van der Waals surface area contributed by atoms with Crippen molar-refractivity contribution in [3.63, 3.8) is 0 Å². The fourth-order valence-corrected chi connectivity index (χ4v) is 2.53. The van der Waals surface area contributed by atoms with E-state index >= 15 is 0 Å². The first kappa shape index (κ1) is 15.9. The lowest BCUT2D eigenvalue weighted by atomic mass is 10.0. The highest BCUT2D eigenvalue weighted by Gasteiger charge is 2.28. The molecule has 0 atom stereocenters. The van der Waals surface area contributed by atoms with E-state index in [4.69, 9.17) is 5.73 Å². The maximum atomic E-state index is 5.84. The van der Waals surface area contributed by atoms with Crippen molar-refractivity contribution in [3.8, 4) is 0 Å². The molecule has 0 radical (unpaired) electrons. The predicted octanol–water partition coefficient (Wildman–Crippen LogP) is 0.683. The fraction of sp³-hybridized carbons (Fsp3) is 1.00. The summed E-state index contributed by atoms with van der Waals surface area (Å²) in [5.41, 5.74) is 6.00. The van der Waals surface area contributed by atoms with Crippen LogP contribution >= 0.6 is 0 Å². The summed E-state index contributed by atoms with van der Waals surface area (Å²) in [5, 5.41) is 0. The molecule has 0 unspecified atom stereocenters. The molecule has 1 aliphatic heterocycles. The van der Waals surface area contributed by atoms with Crippen LogP contribution in [0.25, 0.3) is 0 Å². The molecule has 0 aromatic carbocycles. The number of hydrogen-bond acceptors (Lipinski definition) is 4. The van der Waals surface area contributed by atoms with E-state index in [1.165, 1.54) is 26.2 Å². The number of nitrogens with two attached hydrogens (primary N) is 1. The molecule has 1 saturated heterocycles. The molecule has 0 saturated carbocycles. The maximum Gasteiger partial charge on any atom is 0.0276 e. The van der Waals surface area contributed by atoms with Crippen molar-refractivity contribution >= 4 is 0 Å². The van der Waals surface area contributed by atoms with Crippen molar-refractivity contribution < 1.29 is 0 Å². The van der Waals surface area contributed by atoms with Gasteiger partial charge in [-0.25, -0.2) is 0 Å². The van der Waals surface area contributed by atoms with Gasteiger partial charge in [-0.15, -0.1) is 0 Å². The Morgan fingerprint density at radius 2 is 1.61 bits per heavy atom. The molecule has 18 heavy (non-hydrogen) atoms. The lowest BCUT2D eigenvalue weighted by molar-refractivity contribution is 0.0529. The molecular weight excluding hydrogens is 224 g/mol. The number of rotatable bonds is 7. The second-order valence-corrected chi connectivity index (χ2v) is 5.87. The molecular formula is C14H32N4. The summed E-state index contributed by atoms with van der Waals surface area (Å²) in [6, 6.07) is 0. The zero-order valence-electron chi connectivity index (χ0n) is 12.8. The average molecular weight is 256 g/mol. The Morgan fingerprint density at radius 1 is 1.06 bits per heavy atom. The highest BCUT2D eigenvalue weighted by molar-refractivity contribution is 4.86. The monoisotopic (exact) mass is 256 g/mol. The molecule has 0 aromatic rings. The first-order valence-electron chi connectivity index (χ1n) is 7.43. The Kier molecular flexibility index (Phi) is 6.57. The molecule has 0 spiro atoms. The standard InChI is InChI=1S/C14H32N4/c1-5-16(6-2)7-8-17-9-11-18(12-10-17)14(3,4)13-15/h5-13,15H2,1-4H3. The lowest BCUT2D eigenvalue weighted by Gasteiger charge is -2.43. The van der Waals surface area contributed by atoms with Crippen molar-refractivity contribution in [2.24, 2.45) is 5.73 Å². The molecule has 0 bridgehead atoms. The smallest absolute Gasteiger partial charge is 0.0276 e. The molecule has 1 aliphatic rings. The normalized spacial score (nSPS) is 19.7. The summed E-state index contributed by atoms with van der Waals surface area (Å²) in [5.74, 6) is 0. The van der Waals surface area contributed by atoms with E-state index in [2.05, 4.69) is 42.4 Å². The molecule has 1 rings (SSSR count). The fourth-order valence-electron chi connectivity index (χ4n) is 2.53. The van der Waals surface area contributed by atoms with E-state index in [1.54, 1.807) is 0 Å². The van der Waals surface area contributed by atoms with Crippen LogP contribution in [0, 0.1) is 0 Å². The molecule has 1 fully saturated rings. The molecule has 0 amide bonds. The minimum atomic E-state index is 0.158. The van der Waals surface area contributed by atoms with E-state index < -0.39 is 0 Å². The van der Waals surface area contributed by atoms with Gasteiger partial charge in [-0.05, 0) is 26.9 Å². The Balaban J connectivity index is 2.27. The largest absolute Gasteiger partial charge is 0.329 e. The van der Waals surface area contributed by atoms with Crippen LogP contribution in [0.4, 0.5) is 0 Å². The van der Waals surface area contributed by atoms with E-state index in [1.807, 2.05) is 0 Å². The first-order valence-corrected chi connectivity index (χ1v) is 7.43. The topological polar surface area (TPSA) is 35.7 Å². The molecule has 4 nitrogen and oxygen atoms in total. The summed E-state index contributed by atoms with van der Waals surface area (Å²) >= 11 is 0. The van der Waals surface area contributed by atoms with Gasteiger partial charge in [-0.2, -0.15) is 0 Å². The molecule has 108 valence electrons. The Hall–Kier alpha value is -0.160. The Bertz CT molecular complexity index is 218. The van der Waals surface area contributed by atoms with Crippen molar-refractivity contribution in [2.45, 2.75) is 33.2 Å². The van der Waals surface area contributed by atoms with Gasteiger partial charge < -0.3 is 10.6 Å². The number of hydrogen-bond donors (Lipinski definition) is 1. The second kappa shape index (κ2) is 7.43. The van der Waals surface area contributed by atoms with Gasteiger partial charge in [-0.1, -0.05) is 13.8 Å². The zero-order chi connectivity index (χ0) is 13.6. The van der Waals surface area contributed by atoms with Crippen LogP contribution in [0.5, 0.6) is 0 Å². The third-order valence-corrected chi connectivity index (χ3v) is 4.35. The molecule has 0 aromatic heterocycles.